The number of aryl methyl sites for hydroxylation is 1. The number of aromatic nitrogens is 1. The molecule has 110 valence electrons. The van der Waals surface area contributed by atoms with Crippen molar-refractivity contribution in [1.29, 1.82) is 0 Å². The van der Waals surface area contributed by atoms with Gasteiger partial charge in [-0.15, -0.1) is 11.3 Å². The second kappa shape index (κ2) is 7.24. The number of nitrogens with one attached hydrogen (secondary N) is 1. The highest BCUT2D eigenvalue weighted by atomic mass is 32.2. The summed E-state index contributed by atoms with van der Waals surface area (Å²) in [7, 11) is 1.33. The van der Waals surface area contributed by atoms with E-state index in [9.17, 15) is 9.59 Å². The number of hydrogen-bond acceptors (Lipinski definition) is 6. The quantitative estimate of drug-likeness (QED) is 0.677. The molecule has 21 heavy (non-hydrogen) atoms. The fraction of sp³-hybridized carbons (Fsp3) is 0.214. The zero-order valence-electron chi connectivity index (χ0n) is 11.6. The van der Waals surface area contributed by atoms with Crippen molar-refractivity contribution in [1.82, 2.24) is 4.98 Å². The summed E-state index contributed by atoms with van der Waals surface area (Å²) in [6.07, 6.45) is 0. The average molecular weight is 322 g/mol. The van der Waals surface area contributed by atoms with Gasteiger partial charge in [0.2, 0.25) is 5.91 Å². The molecule has 7 heteroatoms. The van der Waals surface area contributed by atoms with E-state index in [0.29, 0.717) is 17.0 Å². The maximum absolute atomic E-state index is 11.8. The van der Waals surface area contributed by atoms with Gasteiger partial charge in [0.05, 0.1) is 18.4 Å². The molecule has 0 bridgehead atoms. The summed E-state index contributed by atoms with van der Waals surface area (Å²) in [6, 6.07) is 6.56. The van der Waals surface area contributed by atoms with E-state index in [1.165, 1.54) is 30.2 Å². The van der Waals surface area contributed by atoms with E-state index in [1.54, 1.807) is 24.3 Å². The molecule has 0 aliphatic heterocycles. The van der Waals surface area contributed by atoms with Crippen molar-refractivity contribution in [3.63, 3.8) is 0 Å². The molecule has 0 unspecified atom stereocenters. The highest BCUT2D eigenvalue weighted by molar-refractivity contribution is 8.01. The Kier molecular flexibility index (Phi) is 5.35. The maximum Gasteiger partial charge on any atom is 0.337 e. The van der Waals surface area contributed by atoms with Crippen molar-refractivity contribution in [2.75, 3.05) is 18.2 Å². The lowest BCUT2D eigenvalue weighted by atomic mass is 10.2. The molecule has 0 atom stereocenters. The van der Waals surface area contributed by atoms with Crippen molar-refractivity contribution in [2.24, 2.45) is 0 Å². The number of rotatable bonds is 5. The lowest BCUT2D eigenvalue weighted by Gasteiger charge is -2.05. The second-order valence-electron chi connectivity index (χ2n) is 4.16. The number of amides is 1. The van der Waals surface area contributed by atoms with Gasteiger partial charge < -0.3 is 10.1 Å². The third-order valence-corrected chi connectivity index (χ3v) is 4.65. The Hall–Kier alpha value is -1.86. The number of nitrogens with zero attached hydrogens (tertiary/aromatic N) is 1. The first-order valence-electron chi connectivity index (χ1n) is 6.11. The lowest BCUT2D eigenvalue weighted by Crippen LogP contribution is -2.14. The summed E-state index contributed by atoms with van der Waals surface area (Å²) in [5.41, 5.74) is 2.05. The van der Waals surface area contributed by atoms with Gasteiger partial charge in [0, 0.05) is 16.8 Å². The van der Waals surface area contributed by atoms with Crippen LogP contribution < -0.4 is 5.32 Å². The third kappa shape index (κ3) is 4.57. The molecule has 2 aromatic rings. The fourth-order valence-electron chi connectivity index (χ4n) is 1.53. The van der Waals surface area contributed by atoms with E-state index in [4.69, 9.17) is 0 Å². The Balaban J connectivity index is 1.86. The number of thioether (sulfide) groups is 1. The number of carbonyl (C=O) groups excluding carboxylic acids is 2. The van der Waals surface area contributed by atoms with E-state index in [2.05, 4.69) is 15.0 Å². The van der Waals surface area contributed by atoms with Gasteiger partial charge in [0.1, 0.15) is 0 Å². The van der Waals surface area contributed by atoms with Gasteiger partial charge in [0.15, 0.2) is 4.34 Å². The topological polar surface area (TPSA) is 68.3 Å². The number of ether oxygens (including phenoxy) is 1. The summed E-state index contributed by atoms with van der Waals surface area (Å²) >= 11 is 2.93. The third-order valence-electron chi connectivity index (χ3n) is 2.51. The molecular weight excluding hydrogens is 308 g/mol. The molecule has 1 aromatic heterocycles. The van der Waals surface area contributed by atoms with Crippen molar-refractivity contribution in [3.8, 4) is 0 Å². The Morgan fingerprint density at radius 3 is 2.62 bits per heavy atom. The first-order chi connectivity index (χ1) is 10.1. The minimum Gasteiger partial charge on any atom is -0.465 e. The Morgan fingerprint density at radius 1 is 1.33 bits per heavy atom. The molecule has 0 saturated heterocycles. The maximum atomic E-state index is 11.8. The molecule has 5 nitrogen and oxygen atoms in total. The van der Waals surface area contributed by atoms with E-state index >= 15 is 0 Å². The number of carbonyl (C=O) groups is 2. The van der Waals surface area contributed by atoms with Crippen LogP contribution in [0.2, 0.25) is 0 Å². The van der Waals surface area contributed by atoms with E-state index < -0.39 is 5.97 Å². The largest absolute Gasteiger partial charge is 0.465 e. The van der Waals surface area contributed by atoms with Crippen LogP contribution in [0.4, 0.5) is 5.69 Å². The van der Waals surface area contributed by atoms with Crippen LogP contribution >= 0.6 is 23.1 Å². The van der Waals surface area contributed by atoms with Crippen LogP contribution in [-0.4, -0.2) is 29.7 Å². The lowest BCUT2D eigenvalue weighted by molar-refractivity contribution is -0.113. The Morgan fingerprint density at radius 2 is 2.05 bits per heavy atom. The number of anilines is 1. The van der Waals surface area contributed by atoms with E-state index in [-0.39, 0.29) is 5.91 Å². The highest BCUT2D eigenvalue weighted by Gasteiger charge is 2.08. The molecule has 0 radical (unpaired) electrons. The molecule has 1 N–H and O–H groups in total. The van der Waals surface area contributed by atoms with Crippen molar-refractivity contribution in [3.05, 3.63) is 40.9 Å². The average Bonchev–Trinajstić information content (AvgIpc) is 2.91. The first kappa shape index (κ1) is 15.5. The Labute approximate surface area is 130 Å². The summed E-state index contributed by atoms with van der Waals surface area (Å²) in [5, 5.41) is 4.72. The summed E-state index contributed by atoms with van der Waals surface area (Å²) in [5.74, 6) is -0.215. The summed E-state index contributed by atoms with van der Waals surface area (Å²) < 4.78 is 5.49. The summed E-state index contributed by atoms with van der Waals surface area (Å²) in [4.78, 5) is 27.4. The molecule has 0 saturated carbocycles. The van der Waals surface area contributed by atoms with Crippen molar-refractivity contribution in [2.45, 2.75) is 11.3 Å². The van der Waals surface area contributed by atoms with Crippen LogP contribution in [0, 0.1) is 6.92 Å². The van der Waals surface area contributed by atoms with Crippen LogP contribution in [0.15, 0.2) is 34.0 Å². The molecule has 2 rings (SSSR count). The zero-order valence-corrected chi connectivity index (χ0v) is 13.2. The molecule has 0 aliphatic carbocycles. The van der Waals surface area contributed by atoms with Gasteiger partial charge in [-0.3, -0.25) is 4.79 Å². The number of hydrogen-bond donors (Lipinski definition) is 1. The number of methoxy groups -OCH3 is 1. The van der Waals surface area contributed by atoms with Gasteiger partial charge in [-0.05, 0) is 31.2 Å². The molecule has 1 aromatic carbocycles. The van der Waals surface area contributed by atoms with Crippen LogP contribution in [0.5, 0.6) is 0 Å². The smallest absolute Gasteiger partial charge is 0.337 e. The van der Waals surface area contributed by atoms with Crippen LogP contribution in [0.25, 0.3) is 0 Å². The molecule has 1 amide bonds. The highest BCUT2D eigenvalue weighted by Crippen LogP contribution is 2.22. The predicted octanol–water partition coefficient (Wildman–Crippen LogP) is 2.97. The van der Waals surface area contributed by atoms with Gasteiger partial charge in [0.25, 0.3) is 0 Å². The first-order valence-corrected chi connectivity index (χ1v) is 7.98. The summed E-state index contributed by atoms with van der Waals surface area (Å²) in [6.45, 7) is 1.92. The predicted molar refractivity (Wildman–Crippen MR) is 84.0 cm³/mol. The van der Waals surface area contributed by atoms with Crippen LogP contribution in [-0.2, 0) is 9.53 Å². The monoisotopic (exact) mass is 322 g/mol. The molecule has 0 spiro atoms. The van der Waals surface area contributed by atoms with E-state index in [0.717, 1.165) is 10.0 Å². The van der Waals surface area contributed by atoms with Crippen molar-refractivity contribution < 1.29 is 14.3 Å². The molecule has 1 heterocycles. The minimum atomic E-state index is -0.400. The number of esters is 1. The standard InChI is InChI=1S/C14H14N2O3S2/c1-9-7-20-14(15-9)21-8-12(17)16-11-5-3-10(4-6-11)13(18)19-2/h3-7H,8H2,1-2H3,(H,16,17). The van der Waals surface area contributed by atoms with E-state index in [1.807, 2.05) is 12.3 Å². The van der Waals surface area contributed by atoms with Gasteiger partial charge in [-0.1, -0.05) is 11.8 Å². The molecule has 0 fully saturated rings. The van der Waals surface area contributed by atoms with Gasteiger partial charge >= 0.3 is 5.97 Å². The van der Waals surface area contributed by atoms with Crippen molar-refractivity contribution >= 4 is 40.7 Å². The normalized spacial score (nSPS) is 10.2. The molecule has 0 aliphatic rings. The van der Waals surface area contributed by atoms with Gasteiger partial charge in [-0.25, -0.2) is 9.78 Å². The fourth-order valence-corrected chi connectivity index (χ4v) is 3.18. The second-order valence-corrected chi connectivity index (χ2v) is 6.24. The van der Waals surface area contributed by atoms with Crippen LogP contribution in [0.3, 0.4) is 0 Å². The van der Waals surface area contributed by atoms with Gasteiger partial charge in [-0.2, -0.15) is 0 Å². The number of benzene rings is 1. The zero-order chi connectivity index (χ0) is 15.2. The number of thiazole rings is 1. The van der Waals surface area contributed by atoms with Crippen LogP contribution in [0.1, 0.15) is 16.1 Å². The molecular formula is C14H14N2O3S2. The Bertz CT molecular complexity index is 638. The minimum absolute atomic E-state index is 0.112. The SMILES string of the molecule is COC(=O)c1ccc(NC(=O)CSc2nc(C)cs2)cc1.